The highest BCUT2D eigenvalue weighted by Gasteiger charge is 2.22. The van der Waals surface area contributed by atoms with Gasteiger partial charge in [-0.2, -0.15) is 0 Å². The van der Waals surface area contributed by atoms with Gasteiger partial charge >= 0.3 is 0 Å². The van der Waals surface area contributed by atoms with Crippen LogP contribution in [0.2, 0.25) is 0 Å². The molecule has 0 heterocycles. The average molecular weight is 304 g/mol. The number of rotatable bonds is 8. The predicted octanol–water partition coefficient (Wildman–Crippen LogP) is 2.63. The fourth-order valence-electron chi connectivity index (χ4n) is 2.37. The van der Waals surface area contributed by atoms with Gasteiger partial charge in [0.15, 0.2) is 0 Å². The maximum atomic E-state index is 12.1. The molecule has 0 radical (unpaired) electrons. The van der Waals surface area contributed by atoms with Gasteiger partial charge in [0.25, 0.3) is 0 Å². The summed E-state index contributed by atoms with van der Waals surface area (Å²) in [5.41, 5.74) is 1.23. The monoisotopic (exact) mass is 304 g/mol. The van der Waals surface area contributed by atoms with Crippen molar-refractivity contribution in [2.75, 3.05) is 14.1 Å². The SMILES string of the molecule is CC(C)CC(NC(=O)CCCc1ccccc1)C(=O)N(C)C. The largest absolute Gasteiger partial charge is 0.347 e. The van der Waals surface area contributed by atoms with Crippen LogP contribution in [-0.2, 0) is 16.0 Å². The molecule has 1 aromatic carbocycles. The van der Waals surface area contributed by atoms with E-state index < -0.39 is 6.04 Å². The normalized spacial score (nSPS) is 12.0. The molecule has 0 aliphatic rings. The smallest absolute Gasteiger partial charge is 0.244 e. The van der Waals surface area contributed by atoms with Crippen molar-refractivity contribution in [2.45, 2.75) is 45.6 Å². The molecule has 0 saturated carbocycles. The molecule has 0 saturated heterocycles. The lowest BCUT2D eigenvalue weighted by molar-refractivity contribution is -0.134. The van der Waals surface area contributed by atoms with Crippen LogP contribution in [-0.4, -0.2) is 36.9 Å². The second kappa shape index (κ2) is 9.23. The number of carbonyl (C=O) groups is 2. The molecule has 0 fully saturated rings. The number of likely N-dealkylation sites (N-methyl/N-ethyl adjacent to an activating group) is 1. The maximum absolute atomic E-state index is 12.1. The Hall–Kier alpha value is -1.84. The third kappa shape index (κ3) is 6.74. The minimum atomic E-state index is -0.417. The van der Waals surface area contributed by atoms with Gasteiger partial charge in [0.05, 0.1) is 0 Å². The zero-order valence-corrected chi connectivity index (χ0v) is 14.1. The number of nitrogens with zero attached hydrogens (tertiary/aromatic N) is 1. The van der Waals surface area contributed by atoms with Crippen LogP contribution in [0.5, 0.6) is 0 Å². The minimum absolute atomic E-state index is 0.0369. The second-order valence-electron chi connectivity index (χ2n) is 6.32. The third-order valence-corrected chi connectivity index (χ3v) is 3.49. The molecule has 0 aliphatic carbocycles. The second-order valence-corrected chi connectivity index (χ2v) is 6.32. The van der Waals surface area contributed by atoms with E-state index in [1.807, 2.05) is 18.2 Å². The zero-order valence-electron chi connectivity index (χ0n) is 14.1. The van der Waals surface area contributed by atoms with Crippen molar-refractivity contribution >= 4 is 11.8 Å². The minimum Gasteiger partial charge on any atom is -0.347 e. The summed E-state index contributed by atoms with van der Waals surface area (Å²) >= 11 is 0. The fourth-order valence-corrected chi connectivity index (χ4v) is 2.37. The molecular formula is C18H28N2O2. The summed E-state index contributed by atoms with van der Waals surface area (Å²) in [4.78, 5) is 25.7. The lowest BCUT2D eigenvalue weighted by Gasteiger charge is -2.23. The average Bonchev–Trinajstić information content (AvgIpc) is 2.46. The molecular weight excluding hydrogens is 276 g/mol. The van der Waals surface area contributed by atoms with E-state index >= 15 is 0 Å². The van der Waals surface area contributed by atoms with Gasteiger partial charge in [-0.3, -0.25) is 9.59 Å². The van der Waals surface area contributed by atoms with Gasteiger partial charge in [0, 0.05) is 20.5 Å². The Kier molecular flexibility index (Phi) is 7.64. The molecule has 0 bridgehead atoms. The first-order valence-corrected chi connectivity index (χ1v) is 7.94. The van der Waals surface area contributed by atoms with Gasteiger partial charge in [-0.15, -0.1) is 0 Å². The highest BCUT2D eigenvalue weighted by Crippen LogP contribution is 2.08. The molecule has 1 N–H and O–H groups in total. The van der Waals surface area contributed by atoms with Gasteiger partial charge in [-0.25, -0.2) is 0 Å². The Morgan fingerprint density at radius 3 is 2.32 bits per heavy atom. The summed E-state index contributed by atoms with van der Waals surface area (Å²) in [7, 11) is 3.44. The molecule has 1 atom stereocenters. The molecule has 2 amide bonds. The molecule has 4 nitrogen and oxygen atoms in total. The Morgan fingerprint density at radius 2 is 1.77 bits per heavy atom. The molecule has 4 heteroatoms. The summed E-state index contributed by atoms with van der Waals surface area (Å²) in [6, 6.07) is 9.70. The van der Waals surface area contributed by atoms with Crippen LogP contribution in [0.25, 0.3) is 0 Å². The lowest BCUT2D eigenvalue weighted by atomic mass is 10.0. The fraction of sp³-hybridized carbons (Fsp3) is 0.556. The summed E-state index contributed by atoms with van der Waals surface area (Å²) in [6.07, 6.45) is 2.79. The number of carbonyl (C=O) groups excluding carboxylic acids is 2. The van der Waals surface area contributed by atoms with Gasteiger partial charge in [-0.05, 0) is 30.7 Å². The van der Waals surface area contributed by atoms with Gasteiger partial charge < -0.3 is 10.2 Å². The number of hydrogen-bond acceptors (Lipinski definition) is 2. The molecule has 0 aromatic heterocycles. The number of aryl methyl sites for hydroxylation is 1. The maximum Gasteiger partial charge on any atom is 0.244 e. The molecule has 122 valence electrons. The van der Waals surface area contributed by atoms with Crippen molar-refractivity contribution < 1.29 is 9.59 Å². The van der Waals surface area contributed by atoms with Gasteiger partial charge in [0.2, 0.25) is 11.8 Å². The first-order valence-electron chi connectivity index (χ1n) is 7.94. The van der Waals surface area contributed by atoms with E-state index in [1.165, 1.54) is 10.5 Å². The standard InChI is InChI=1S/C18H28N2O2/c1-14(2)13-16(18(22)20(3)4)19-17(21)12-8-11-15-9-6-5-7-10-15/h5-7,9-10,14,16H,8,11-13H2,1-4H3,(H,19,21). The molecule has 0 aliphatic heterocycles. The number of amides is 2. The Labute approximate surface area is 133 Å². The highest BCUT2D eigenvalue weighted by molar-refractivity contribution is 5.87. The Morgan fingerprint density at radius 1 is 1.14 bits per heavy atom. The van der Waals surface area contributed by atoms with Crippen LogP contribution in [0.15, 0.2) is 30.3 Å². The summed E-state index contributed by atoms with van der Waals surface area (Å²) < 4.78 is 0. The van der Waals surface area contributed by atoms with Crippen molar-refractivity contribution in [3.05, 3.63) is 35.9 Å². The number of benzene rings is 1. The molecule has 1 aromatic rings. The Balaban J connectivity index is 2.44. The molecule has 1 unspecified atom stereocenters. The van der Waals surface area contributed by atoms with Crippen molar-refractivity contribution in [2.24, 2.45) is 5.92 Å². The van der Waals surface area contributed by atoms with Crippen molar-refractivity contribution in [1.82, 2.24) is 10.2 Å². The van der Waals surface area contributed by atoms with Crippen LogP contribution < -0.4 is 5.32 Å². The van der Waals surface area contributed by atoms with E-state index in [4.69, 9.17) is 0 Å². The molecule has 22 heavy (non-hydrogen) atoms. The van der Waals surface area contributed by atoms with E-state index in [2.05, 4.69) is 31.3 Å². The highest BCUT2D eigenvalue weighted by atomic mass is 16.2. The quantitative estimate of drug-likeness (QED) is 0.802. The van der Waals surface area contributed by atoms with Crippen LogP contribution in [0.1, 0.15) is 38.7 Å². The van der Waals surface area contributed by atoms with Crippen LogP contribution in [0.4, 0.5) is 0 Å². The van der Waals surface area contributed by atoms with E-state index in [9.17, 15) is 9.59 Å². The number of hydrogen-bond donors (Lipinski definition) is 1. The van der Waals surface area contributed by atoms with Gasteiger partial charge in [0.1, 0.15) is 6.04 Å². The van der Waals surface area contributed by atoms with Crippen molar-refractivity contribution in [3.63, 3.8) is 0 Å². The van der Waals surface area contributed by atoms with E-state index in [1.54, 1.807) is 14.1 Å². The summed E-state index contributed by atoms with van der Waals surface area (Å²) in [6.45, 7) is 4.11. The third-order valence-electron chi connectivity index (χ3n) is 3.49. The zero-order chi connectivity index (χ0) is 16.5. The first-order chi connectivity index (χ1) is 10.4. The summed E-state index contributed by atoms with van der Waals surface area (Å²) in [5, 5.41) is 2.89. The first kappa shape index (κ1) is 18.2. The van der Waals surface area contributed by atoms with Crippen LogP contribution in [0.3, 0.4) is 0 Å². The Bertz CT molecular complexity index is 469. The van der Waals surface area contributed by atoms with E-state index in [-0.39, 0.29) is 11.8 Å². The van der Waals surface area contributed by atoms with E-state index in [0.717, 1.165) is 12.8 Å². The topological polar surface area (TPSA) is 49.4 Å². The van der Waals surface area contributed by atoms with E-state index in [0.29, 0.717) is 18.8 Å². The van der Waals surface area contributed by atoms with Crippen molar-refractivity contribution in [3.8, 4) is 0 Å². The molecule has 0 spiro atoms. The predicted molar refractivity (Wildman–Crippen MR) is 89.5 cm³/mol. The van der Waals surface area contributed by atoms with Gasteiger partial charge in [-0.1, -0.05) is 44.2 Å². The lowest BCUT2D eigenvalue weighted by Crippen LogP contribution is -2.46. The van der Waals surface area contributed by atoms with Crippen LogP contribution >= 0.6 is 0 Å². The van der Waals surface area contributed by atoms with Crippen molar-refractivity contribution in [1.29, 1.82) is 0 Å². The summed E-state index contributed by atoms with van der Waals surface area (Å²) in [5.74, 6) is 0.278. The van der Waals surface area contributed by atoms with Crippen LogP contribution in [0, 0.1) is 5.92 Å². The number of nitrogens with one attached hydrogen (secondary N) is 1. The molecule has 1 rings (SSSR count).